The van der Waals surface area contributed by atoms with E-state index in [1.807, 2.05) is 6.92 Å². The first-order chi connectivity index (χ1) is 6.24. The fourth-order valence-electron chi connectivity index (χ4n) is 1.38. The van der Waals surface area contributed by atoms with Crippen molar-refractivity contribution in [3.05, 3.63) is 0 Å². The number of rotatable bonds is 4. The molecule has 0 radical (unpaired) electrons. The molecule has 4 heteroatoms. The van der Waals surface area contributed by atoms with Gasteiger partial charge in [-0.15, -0.1) is 0 Å². The first-order valence-corrected chi connectivity index (χ1v) is 4.92. The zero-order valence-electron chi connectivity index (χ0n) is 8.18. The summed E-state index contributed by atoms with van der Waals surface area (Å²) in [7, 11) is 0. The summed E-state index contributed by atoms with van der Waals surface area (Å²) < 4.78 is 0. The van der Waals surface area contributed by atoms with Crippen LogP contribution in [0.5, 0.6) is 0 Å². The lowest BCUT2D eigenvalue weighted by Gasteiger charge is -2.12. The van der Waals surface area contributed by atoms with Gasteiger partial charge in [-0.25, -0.2) is 0 Å². The predicted octanol–water partition coefficient (Wildman–Crippen LogP) is -0.693. The van der Waals surface area contributed by atoms with E-state index in [9.17, 15) is 4.79 Å². The second kappa shape index (κ2) is 5.19. The topological polar surface area (TPSA) is 67.1 Å². The Kier molecular flexibility index (Phi) is 4.18. The predicted molar refractivity (Wildman–Crippen MR) is 52.2 cm³/mol. The number of carbonyl (C=O) groups excluding carboxylic acids is 1. The molecule has 0 bridgehead atoms. The molecule has 0 aromatic heterocycles. The van der Waals surface area contributed by atoms with Gasteiger partial charge in [0.1, 0.15) is 0 Å². The Morgan fingerprint density at radius 1 is 1.77 bits per heavy atom. The van der Waals surface area contributed by atoms with E-state index < -0.39 is 0 Å². The molecule has 2 unspecified atom stereocenters. The van der Waals surface area contributed by atoms with Gasteiger partial charge in [-0.2, -0.15) is 0 Å². The van der Waals surface area contributed by atoms with E-state index in [2.05, 4.69) is 10.6 Å². The van der Waals surface area contributed by atoms with Crippen LogP contribution >= 0.6 is 0 Å². The first kappa shape index (κ1) is 10.5. The number of nitrogens with one attached hydrogen (secondary N) is 2. The van der Waals surface area contributed by atoms with Crippen molar-refractivity contribution in [3.8, 4) is 0 Å². The van der Waals surface area contributed by atoms with Crippen LogP contribution in [0.3, 0.4) is 0 Å². The van der Waals surface area contributed by atoms with Gasteiger partial charge in [0.2, 0.25) is 5.91 Å². The highest BCUT2D eigenvalue weighted by Gasteiger charge is 2.21. The normalized spacial score (nSPS) is 24.3. The molecule has 0 aromatic carbocycles. The molecular formula is C9H19N3O. The first-order valence-electron chi connectivity index (χ1n) is 4.92. The molecule has 1 heterocycles. The lowest BCUT2D eigenvalue weighted by Crippen LogP contribution is -2.36. The van der Waals surface area contributed by atoms with Crippen LogP contribution in [-0.2, 0) is 4.79 Å². The Hall–Kier alpha value is -0.610. The molecule has 2 atom stereocenters. The molecule has 4 N–H and O–H groups in total. The summed E-state index contributed by atoms with van der Waals surface area (Å²) in [6.45, 7) is 5.15. The third-order valence-corrected chi connectivity index (χ3v) is 2.46. The van der Waals surface area contributed by atoms with Gasteiger partial charge in [-0.3, -0.25) is 4.79 Å². The van der Waals surface area contributed by atoms with Crippen molar-refractivity contribution in [2.45, 2.75) is 13.3 Å². The molecule has 1 rings (SSSR count). The van der Waals surface area contributed by atoms with Gasteiger partial charge >= 0.3 is 0 Å². The highest BCUT2D eigenvalue weighted by atomic mass is 16.1. The van der Waals surface area contributed by atoms with Gasteiger partial charge in [0.15, 0.2) is 0 Å². The Balaban J connectivity index is 2.16. The maximum Gasteiger partial charge on any atom is 0.224 e. The zero-order chi connectivity index (χ0) is 9.68. The van der Waals surface area contributed by atoms with Crippen LogP contribution < -0.4 is 16.4 Å². The number of hydrogen-bond donors (Lipinski definition) is 3. The zero-order valence-corrected chi connectivity index (χ0v) is 8.18. The van der Waals surface area contributed by atoms with Gasteiger partial charge in [-0.05, 0) is 25.4 Å². The summed E-state index contributed by atoms with van der Waals surface area (Å²) in [5, 5.41) is 6.09. The van der Waals surface area contributed by atoms with Crippen LogP contribution in [0.25, 0.3) is 0 Å². The molecule has 0 aliphatic carbocycles. The molecule has 76 valence electrons. The lowest BCUT2D eigenvalue weighted by atomic mass is 10.1. The van der Waals surface area contributed by atoms with E-state index in [-0.39, 0.29) is 11.8 Å². The molecule has 1 fully saturated rings. The van der Waals surface area contributed by atoms with Crippen LogP contribution in [0.1, 0.15) is 13.3 Å². The van der Waals surface area contributed by atoms with Gasteiger partial charge in [0.25, 0.3) is 0 Å². The highest BCUT2D eigenvalue weighted by Crippen LogP contribution is 2.06. The molecule has 13 heavy (non-hydrogen) atoms. The summed E-state index contributed by atoms with van der Waals surface area (Å²) in [6.07, 6.45) is 0.961. The van der Waals surface area contributed by atoms with E-state index in [1.165, 1.54) is 0 Å². The average molecular weight is 185 g/mol. The largest absolute Gasteiger partial charge is 0.356 e. The summed E-state index contributed by atoms with van der Waals surface area (Å²) in [5.74, 6) is 0.716. The van der Waals surface area contributed by atoms with E-state index in [4.69, 9.17) is 5.73 Å². The van der Waals surface area contributed by atoms with Gasteiger partial charge in [0.05, 0.1) is 5.92 Å². The molecule has 1 amide bonds. The molecule has 0 spiro atoms. The van der Waals surface area contributed by atoms with Crippen molar-refractivity contribution in [1.82, 2.24) is 10.6 Å². The fraction of sp³-hybridized carbons (Fsp3) is 0.889. The Morgan fingerprint density at radius 3 is 3.08 bits per heavy atom. The van der Waals surface area contributed by atoms with Crippen molar-refractivity contribution in [3.63, 3.8) is 0 Å². The van der Waals surface area contributed by atoms with Gasteiger partial charge < -0.3 is 16.4 Å². The van der Waals surface area contributed by atoms with E-state index >= 15 is 0 Å². The van der Waals surface area contributed by atoms with Crippen LogP contribution in [0, 0.1) is 11.8 Å². The molecule has 1 aliphatic rings. The molecule has 1 saturated heterocycles. The minimum atomic E-state index is 0.171. The maximum atomic E-state index is 11.5. The monoisotopic (exact) mass is 185 g/mol. The van der Waals surface area contributed by atoms with Gasteiger partial charge in [0, 0.05) is 13.1 Å². The SMILES string of the molecule is CC(CN)CNC(=O)C1CCNC1. The molecule has 4 nitrogen and oxygen atoms in total. The van der Waals surface area contributed by atoms with E-state index in [0.717, 1.165) is 19.5 Å². The van der Waals surface area contributed by atoms with Crippen molar-refractivity contribution < 1.29 is 4.79 Å². The second-order valence-electron chi connectivity index (χ2n) is 3.78. The number of hydrogen-bond acceptors (Lipinski definition) is 3. The van der Waals surface area contributed by atoms with Gasteiger partial charge in [-0.1, -0.05) is 6.92 Å². The smallest absolute Gasteiger partial charge is 0.224 e. The Labute approximate surface area is 79.3 Å². The molecule has 0 saturated carbocycles. The quantitative estimate of drug-likeness (QED) is 0.543. The van der Waals surface area contributed by atoms with E-state index in [1.54, 1.807) is 0 Å². The maximum absolute atomic E-state index is 11.5. The Morgan fingerprint density at radius 2 is 2.54 bits per heavy atom. The van der Waals surface area contributed by atoms with Crippen molar-refractivity contribution in [2.24, 2.45) is 17.6 Å². The van der Waals surface area contributed by atoms with Crippen LogP contribution in [0.15, 0.2) is 0 Å². The summed E-state index contributed by atoms with van der Waals surface area (Å²) >= 11 is 0. The third kappa shape index (κ3) is 3.32. The molecule has 0 aromatic rings. The van der Waals surface area contributed by atoms with Crippen LogP contribution in [0.2, 0.25) is 0 Å². The third-order valence-electron chi connectivity index (χ3n) is 2.46. The van der Waals surface area contributed by atoms with Crippen molar-refractivity contribution in [1.29, 1.82) is 0 Å². The number of carbonyl (C=O) groups is 1. The summed E-state index contributed by atoms with van der Waals surface area (Å²) in [6, 6.07) is 0. The standard InChI is InChI=1S/C9H19N3O/c1-7(4-10)5-12-9(13)8-2-3-11-6-8/h7-8,11H,2-6,10H2,1H3,(H,12,13). The number of nitrogens with two attached hydrogens (primary N) is 1. The van der Waals surface area contributed by atoms with E-state index in [0.29, 0.717) is 19.0 Å². The Bertz CT molecular complexity index is 166. The molecular weight excluding hydrogens is 166 g/mol. The summed E-state index contributed by atoms with van der Waals surface area (Å²) in [5.41, 5.74) is 5.45. The van der Waals surface area contributed by atoms with Crippen molar-refractivity contribution >= 4 is 5.91 Å². The minimum Gasteiger partial charge on any atom is -0.356 e. The van der Waals surface area contributed by atoms with Crippen LogP contribution in [-0.4, -0.2) is 32.1 Å². The van der Waals surface area contributed by atoms with Crippen molar-refractivity contribution in [2.75, 3.05) is 26.2 Å². The lowest BCUT2D eigenvalue weighted by molar-refractivity contribution is -0.124. The van der Waals surface area contributed by atoms with Crippen LogP contribution in [0.4, 0.5) is 0 Å². The second-order valence-corrected chi connectivity index (χ2v) is 3.78. The highest BCUT2D eigenvalue weighted by molar-refractivity contribution is 5.79. The fourth-order valence-corrected chi connectivity index (χ4v) is 1.38. The minimum absolute atomic E-state index is 0.171. The number of amides is 1. The summed E-state index contributed by atoms with van der Waals surface area (Å²) in [4.78, 5) is 11.5. The molecule has 1 aliphatic heterocycles. The average Bonchev–Trinajstić information content (AvgIpc) is 2.66.